The third-order valence-electron chi connectivity index (χ3n) is 2.62. The Morgan fingerprint density at radius 3 is 2.56 bits per heavy atom. The van der Waals surface area contributed by atoms with E-state index in [1.54, 1.807) is 30.3 Å². The number of nitrogens with zero attached hydrogens (tertiary/aromatic N) is 1. The Balaban J connectivity index is 2.45. The van der Waals surface area contributed by atoms with Gasteiger partial charge in [-0.05, 0) is 23.8 Å². The lowest BCUT2D eigenvalue weighted by molar-refractivity contribution is 0.103. The summed E-state index contributed by atoms with van der Waals surface area (Å²) < 4.78 is 0. The molecule has 0 radical (unpaired) electrons. The fourth-order valence-corrected chi connectivity index (χ4v) is 1.95. The molecule has 0 fully saturated rings. The summed E-state index contributed by atoms with van der Waals surface area (Å²) in [6, 6.07) is 16.0. The number of ketones is 1. The van der Waals surface area contributed by atoms with E-state index in [0.717, 1.165) is 0 Å². The fraction of sp³-hybridized carbons (Fsp3) is 0.0667. The molecular weight excluding hydrogens is 246 g/mol. The van der Waals surface area contributed by atoms with Gasteiger partial charge in [-0.25, -0.2) is 0 Å². The van der Waals surface area contributed by atoms with Crippen molar-refractivity contribution in [2.24, 2.45) is 0 Å². The Bertz CT molecular complexity index is 614. The van der Waals surface area contributed by atoms with E-state index in [2.05, 4.69) is 0 Å². The third kappa shape index (κ3) is 2.58. The van der Waals surface area contributed by atoms with Gasteiger partial charge in [0.05, 0.1) is 12.5 Å². The highest BCUT2D eigenvalue weighted by atomic mass is 35.5. The summed E-state index contributed by atoms with van der Waals surface area (Å²) in [5.74, 6) is -0.0856. The van der Waals surface area contributed by atoms with Crippen LogP contribution in [0.4, 0.5) is 0 Å². The van der Waals surface area contributed by atoms with Crippen molar-refractivity contribution < 1.29 is 4.79 Å². The van der Waals surface area contributed by atoms with Crippen LogP contribution in [0.15, 0.2) is 48.5 Å². The van der Waals surface area contributed by atoms with Gasteiger partial charge in [0.15, 0.2) is 5.78 Å². The first kappa shape index (κ1) is 12.3. The first-order valence-corrected chi connectivity index (χ1v) is 5.85. The summed E-state index contributed by atoms with van der Waals surface area (Å²) >= 11 is 5.88. The molecule has 0 unspecified atom stereocenters. The zero-order chi connectivity index (χ0) is 13.0. The second-order valence-electron chi connectivity index (χ2n) is 3.83. The van der Waals surface area contributed by atoms with E-state index in [1.165, 1.54) is 0 Å². The molecule has 0 saturated heterocycles. The zero-order valence-corrected chi connectivity index (χ0v) is 10.3. The maximum atomic E-state index is 12.3. The van der Waals surface area contributed by atoms with Crippen LogP contribution in [0.3, 0.4) is 0 Å². The molecule has 0 spiro atoms. The maximum Gasteiger partial charge on any atom is 0.193 e. The molecule has 0 aliphatic rings. The van der Waals surface area contributed by atoms with Gasteiger partial charge < -0.3 is 0 Å². The smallest absolute Gasteiger partial charge is 0.193 e. The molecule has 0 aliphatic carbocycles. The molecule has 3 heteroatoms. The van der Waals surface area contributed by atoms with Gasteiger partial charge in [-0.2, -0.15) is 5.26 Å². The van der Waals surface area contributed by atoms with E-state index >= 15 is 0 Å². The Morgan fingerprint density at radius 1 is 1.17 bits per heavy atom. The minimum Gasteiger partial charge on any atom is -0.289 e. The predicted octanol–water partition coefficient (Wildman–Crippen LogP) is 3.64. The van der Waals surface area contributed by atoms with Gasteiger partial charge in [0.2, 0.25) is 0 Å². The normalized spacial score (nSPS) is 9.78. The van der Waals surface area contributed by atoms with Crippen molar-refractivity contribution in [1.82, 2.24) is 0 Å². The Morgan fingerprint density at radius 2 is 1.89 bits per heavy atom. The van der Waals surface area contributed by atoms with Crippen LogP contribution in [0.1, 0.15) is 21.5 Å². The van der Waals surface area contributed by atoms with Crippen molar-refractivity contribution >= 4 is 17.4 Å². The highest BCUT2D eigenvalue weighted by Crippen LogP contribution is 2.19. The van der Waals surface area contributed by atoms with E-state index in [0.29, 0.717) is 21.7 Å². The van der Waals surface area contributed by atoms with Crippen LogP contribution >= 0.6 is 11.6 Å². The monoisotopic (exact) mass is 255 g/mol. The number of hydrogen-bond donors (Lipinski definition) is 0. The molecule has 2 nitrogen and oxygen atoms in total. The van der Waals surface area contributed by atoms with Gasteiger partial charge >= 0.3 is 0 Å². The molecule has 0 amide bonds. The molecular formula is C15H10ClNO. The van der Waals surface area contributed by atoms with Crippen molar-refractivity contribution in [2.45, 2.75) is 6.42 Å². The second-order valence-corrected chi connectivity index (χ2v) is 4.27. The number of benzene rings is 2. The molecule has 2 aromatic rings. The molecule has 0 bridgehead atoms. The Kier molecular flexibility index (Phi) is 3.76. The maximum absolute atomic E-state index is 12.3. The topological polar surface area (TPSA) is 40.9 Å². The van der Waals surface area contributed by atoms with Crippen molar-refractivity contribution in [1.29, 1.82) is 5.26 Å². The predicted molar refractivity (Wildman–Crippen MR) is 70.6 cm³/mol. The van der Waals surface area contributed by atoms with Gasteiger partial charge in [-0.15, -0.1) is 0 Å². The van der Waals surface area contributed by atoms with E-state index in [-0.39, 0.29) is 12.2 Å². The van der Waals surface area contributed by atoms with Crippen LogP contribution in [0, 0.1) is 11.3 Å². The largest absolute Gasteiger partial charge is 0.289 e. The van der Waals surface area contributed by atoms with Gasteiger partial charge in [0.25, 0.3) is 0 Å². The molecule has 0 atom stereocenters. The number of carbonyl (C=O) groups excluding carboxylic acids is 1. The lowest BCUT2D eigenvalue weighted by Crippen LogP contribution is -2.05. The summed E-state index contributed by atoms with van der Waals surface area (Å²) in [7, 11) is 0. The van der Waals surface area contributed by atoms with Crippen LogP contribution in [0.5, 0.6) is 0 Å². The number of halogens is 1. The van der Waals surface area contributed by atoms with Gasteiger partial charge in [0.1, 0.15) is 0 Å². The highest BCUT2D eigenvalue weighted by molar-refractivity contribution is 6.30. The van der Waals surface area contributed by atoms with Crippen LogP contribution in [-0.2, 0) is 6.42 Å². The standard InChI is InChI=1S/C15H10ClNO/c16-13-6-7-14(12(10-13)8-9-17)15(18)11-4-2-1-3-5-11/h1-7,10H,8H2. The molecule has 0 aromatic heterocycles. The van der Waals surface area contributed by atoms with E-state index in [1.807, 2.05) is 24.3 Å². The second kappa shape index (κ2) is 5.48. The molecule has 18 heavy (non-hydrogen) atoms. The fourth-order valence-electron chi connectivity index (χ4n) is 1.76. The van der Waals surface area contributed by atoms with Crippen LogP contribution in [0.2, 0.25) is 5.02 Å². The van der Waals surface area contributed by atoms with Crippen molar-refractivity contribution in [3.63, 3.8) is 0 Å². The minimum atomic E-state index is -0.0856. The van der Waals surface area contributed by atoms with E-state index in [4.69, 9.17) is 16.9 Å². The van der Waals surface area contributed by atoms with E-state index in [9.17, 15) is 4.79 Å². The third-order valence-corrected chi connectivity index (χ3v) is 2.85. The molecule has 2 rings (SSSR count). The zero-order valence-electron chi connectivity index (χ0n) is 9.56. The van der Waals surface area contributed by atoms with Crippen LogP contribution in [0.25, 0.3) is 0 Å². The van der Waals surface area contributed by atoms with Crippen molar-refractivity contribution in [3.05, 3.63) is 70.2 Å². The Hall–Kier alpha value is -2.11. The average molecular weight is 256 g/mol. The first-order valence-electron chi connectivity index (χ1n) is 5.47. The van der Waals surface area contributed by atoms with Crippen LogP contribution in [-0.4, -0.2) is 5.78 Å². The van der Waals surface area contributed by atoms with Crippen molar-refractivity contribution in [2.75, 3.05) is 0 Å². The summed E-state index contributed by atoms with van der Waals surface area (Å²) in [6.45, 7) is 0. The van der Waals surface area contributed by atoms with Crippen LogP contribution < -0.4 is 0 Å². The number of carbonyl (C=O) groups is 1. The number of hydrogen-bond acceptors (Lipinski definition) is 2. The van der Waals surface area contributed by atoms with Gasteiger partial charge in [-0.1, -0.05) is 41.9 Å². The molecule has 0 aliphatic heterocycles. The molecule has 0 saturated carbocycles. The quantitative estimate of drug-likeness (QED) is 0.786. The SMILES string of the molecule is N#CCc1cc(Cl)ccc1C(=O)c1ccccc1. The number of rotatable bonds is 3. The summed E-state index contributed by atoms with van der Waals surface area (Å²) in [6.07, 6.45) is 0.175. The lowest BCUT2D eigenvalue weighted by Gasteiger charge is -2.06. The highest BCUT2D eigenvalue weighted by Gasteiger charge is 2.13. The molecule has 88 valence electrons. The summed E-state index contributed by atoms with van der Waals surface area (Å²) in [4.78, 5) is 12.3. The average Bonchev–Trinajstić information content (AvgIpc) is 2.40. The number of nitriles is 1. The van der Waals surface area contributed by atoms with Crippen molar-refractivity contribution in [3.8, 4) is 6.07 Å². The lowest BCUT2D eigenvalue weighted by atomic mass is 9.97. The molecule has 0 heterocycles. The van der Waals surface area contributed by atoms with Gasteiger partial charge in [-0.3, -0.25) is 4.79 Å². The Labute approximate surface area is 110 Å². The summed E-state index contributed by atoms with van der Waals surface area (Å²) in [5, 5.41) is 9.32. The van der Waals surface area contributed by atoms with Gasteiger partial charge in [0, 0.05) is 16.1 Å². The van der Waals surface area contributed by atoms with E-state index < -0.39 is 0 Å². The summed E-state index contributed by atoms with van der Waals surface area (Å²) in [5.41, 5.74) is 1.81. The first-order chi connectivity index (χ1) is 8.72. The minimum absolute atomic E-state index is 0.0856. The molecule has 2 aromatic carbocycles. The molecule has 0 N–H and O–H groups in total.